The lowest BCUT2D eigenvalue weighted by Crippen LogP contribution is -2.37. The molecule has 2 aromatic carbocycles. The van der Waals surface area contributed by atoms with Crippen LogP contribution < -0.4 is 5.73 Å². The van der Waals surface area contributed by atoms with Crippen molar-refractivity contribution >= 4 is 10.8 Å². The Morgan fingerprint density at radius 1 is 0.824 bits per heavy atom. The molecule has 0 unspecified atom stereocenters. The first kappa shape index (κ1) is 9.67. The number of rotatable bonds is 2. The van der Waals surface area contributed by atoms with Gasteiger partial charge >= 0.3 is 0 Å². The minimum absolute atomic E-state index is 0.108. The van der Waals surface area contributed by atoms with E-state index in [2.05, 4.69) is 42.5 Å². The summed E-state index contributed by atoms with van der Waals surface area (Å²) in [6, 6.07) is 15.4. The fraction of sp³-hybridized carbons (Fsp3) is 0.375. The van der Waals surface area contributed by atoms with E-state index in [0.717, 1.165) is 0 Å². The molecule has 0 radical (unpaired) electrons. The number of hydrogen-bond acceptors (Lipinski definition) is 1. The Kier molecular flexibility index (Phi) is 1.65. The van der Waals surface area contributed by atoms with Crippen LogP contribution in [0.2, 0.25) is 0 Å². The maximum atomic E-state index is 6.51. The van der Waals surface area contributed by atoms with Gasteiger partial charge in [-0.1, -0.05) is 42.5 Å². The molecule has 86 valence electrons. The Hall–Kier alpha value is -1.34. The first-order chi connectivity index (χ1) is 8.25. The first-order valence-corrected chi connectivity index (χ1v) is 6.52. The minimum Gasteiger partial charge on any atom is -0.324 e. The van der Waals surface area contributed by atoms with Crippen LogP contribution in [0.3, 0.4) is 0 Å². The quantitative estimate of drug-likeness (QED) is 0.830. The lowest BCUT2D eigenvalue weighted by molar-refractivity contribution is 0.506. The molecule has 0 amide bonds. The van der Waals surface area contributed by atoms with Gasteiger partial charge < -0.3 is 5.73 Å². The van der Waals surface area contributed by atoms with E-state index in [1.54, 1.807) is 0 Å². The van der Waals surface area contributed by atoms with E-state index < -0.39 is 0 Å². The Morgan fingerprint density at radius 2 is 1.53 bits per heavy atom. The fourth-order valence-electron chi connectivity index (χ4n) is 3.42. The van der Waals surface area contributed by atoms with Crippen LogP contribution in [0.1, 0.15) is 31.2 Å². The number of hydrogen-bond donors (Lipinski definition) is 1. The maximum absolute atomic E-state index is 6.51. The van der Waals surface area contributed by atoms with Crippen LogP contribution in [0.4, 0.5) is 0 Å². The third-order valence-corrected chi connectivity index (χ3v) is 4.80. The largest absolute Gasteiger partial charge is 0.324 e. The van der Waals surface area contributed by atoms with Crippen molar-refractivity contribution in [2.75, 3.05) is 0 Å². The molecule has 0 heterocycles. The van der Waals surface area contributed by atoms with E-state index in [0.29, 0.717) is 5.41 Å². The smallest absolute Gasteiger partial charge is 0.0253 e. The van der Waals surface area contributed by atoms with Gasteiger partial charge in [0.05, 0.1) is 0 Å². The third kappa shape index (κ3) is 1.18. The zero-order chi connectivity index (χ0) is 11.5. The van der Waals surface area contributed by atoms with Crippen molar-refractivity contribution in [1.29, 1.82) is 0 Å². The standard InChI is InChI=1S/C16H17N/c17-16(10-11-16)15(8-9-15)14-7-3-5-12-4-1-2-6-13(12)14/h1-7H,8-11,17H2. The second-order valence-corrected chi connectivity index (χ2v) is 5.76. The molecule has 4 rings (SSSR count). The molecule has 1 nitrogen and oxygen atoms in total. The van der Waals surface area contributed by atoms with Gasteiger partial charge in [0.15, 0.2) is 0 Å². The molecule has 2 saturated carbocycles. The summed E-state index contributed by atoms with van der Waals surface area (Å²) in [5.74, 6) is 0. The number of benzene rings is 2. The van der Waals surface area contributed by atoms with Crippen LogP contribution in [-0.2, 0) is 5.41 Å². The second-order valence-electron chi connectivity index (χ2n) is 5.76. The van der Waals surface area contributed by atoms with Gasteiger partial charge in [-0.2, -0.15) is 0 Å². The SMILES string of the molecule is NC1(C2(c3cccc4ccccc34)CC2)CC1. The molecule has 0 atom stereocenters. The summed E-state index contributed by atoms with van der Waals surface area (Å²) in [4.78, 5) is 0. The van der Waals surface area contributed by atoms with Gasteiger partial charge in [0.2, 0.25) is 0 Å². The maximum Gasteiger partial charge on any atom is 0.0253 e. The van der Waals surface area contributed by atoms with Crippen LogP contribution in [0.5, 0.6) is 0 Å². The van der Waals surface area contributed by atoms with Gasteiger partial charge in [-0.15, -0.1) is 0 Å². The predicted molar refractivity (Wildman–Crippen MR) is 71.0 cm³/mol. The van der Waals surface area contributed by atoms with Crippen molar-refractivity contribution in [3.8, 4) is 0 Å². The Bertz CT molecular complexity index is 586. The van der Waals surface area contributed by atoms with Crippen molar-refractivity contribution in [3.05, 3.63) is 48.0 Å². The molecule has 2 aliphatic rings. The molecule has 2 aliphatic carbocycles. The molecule has 1 heteroatoms. The Balaban J connectivity index is 1.97. The molecular weight excluding hydrogens is 206 g/mol. The van der Waals surface area contributed by atoms with Crippen LogP contribution >= 0.6 is 0 Å². The van der Waals surface area contributed by atoms with Crippen LogP contribution in [0, 0.1) is 0 Å². The lowest BCUT2D eigenvalue weighted by Gasteiger charge is -2.25. The normalized spacial score (nSPS) is 23.6. The van der Waals surface area contributed by atoms with Gasteiger partial charge in [-0.05, 0) is 42.0 Å². The topological polar surface area (TPSA) is 26.0 Å². The van der Waals surface area contributed by atoms with Gasteiger partial charge in [0.25, 0.3) is 0 Å². The average molecular weight is 223 g/mol. The predicted octanol–water partition coefficient (Wildman–Crippen LogP) is 3.36. The number of nitrogens with two attached hydrogens (primary N) is 1. The van der Waals surface area contributed by atoms with E-state index in [9.17, 15) is 0 Å². The third-order valence-electron chi connectivity index (χ3n) is 4.80. The summed E-state index contributed by atoms with van der Waals surface area (Å²) in [6.07, 6.45) is 4.96. The Morgan fingerprint density at radius 3 is 2.24 bits per heavy atom. The average Bonchev–Trinajstić information content (AvgIpc) is 3.24. The highest BCUT2D eigenvalue weighted by Gasteiger charge is 2.64. The van der Waals surface area contributed by atoms with E-state index in [1.165, 1.54) is 42.0 Å². The molecule has 0 aromatic heterocycles. The van der Waals surface area contributed by atoms with E-state index in [1.807, 2.05) is 0 Å². The van der Waals surface area contributed by atoms with Crippen LogP contribution in [0.15, 0.2) is 42.5 Å². The highest BCUT2D eigenvalue weighted by Crippen LogP contribution is 2.64. The zero-order valence-corrected chi connectivity index (χ0v) is 9.95. The monoisotopic (exact) mass is 223 g/mol. The van der Waals surface area contributed by atoms with Gasteiger partial charge in [0, 0.05) is 11.0 Å². The van der Waals surface area contributed by atoms with E-state index in [-0.39, 0.29) is 5.54 Å². The second kappa shape index (κ2) is 2.91. The molecular formula is C16H17N. The summed E-state index contributed by atoms with van der Waals surface area (Å²) in [7, 11) is 0. The molecule has 0 saturated heterocycles. The van der Waals surface area contributed by atoms with Crippen molar-refractivity contribution in [2.24, 2.45) is 5.73 Å². The molecule has 17 heavy (non-hydrogen) atoms. The summed E-state index contributed by atoms with van der Waals surface area (Å²) < 4.78 is 0. The Labute approximate surface area is 102 Å². The van der Waals surface area contributed by atoms with Crippen molar-refractivity contribution in [2.45, 2.75) is 36.6 Å². The van der Waals surface area contributed by atoms with Gasteiger partial charge in [0.1, 0.15) is 0 Å². The highest BCUT2D eigenvalue weighted by atomic mass is 14.9. The fourth-order valence-corrected chi connectivity index (χ4v) is 3.42. The first-order valence-electron chi connectivity index (χ1n) is 6.52. The summed E-state index contributed by atoms with van der Waals surface area (Å²) in [6.45, 7) is 0. The van der Waals surface area contributed by atoms with Gasteiger partial charge in [-0.25, -0.2) is 0 Å². The van der Waals surface area contributed by atoms with Crippen LogP contribution in [0.25, 0.3) is 10.8 Å². The van der Waals surface area contributed by atoms with Gasteiger partial charge in [-0.3, -0.25) is 0 Å². The molecule has 0 bridgehead atoms. The minimum atomic E-state index is 0.108. The van der Waals surface area contributed by atoms with Crippen molar-refractivity contribution < 1.29 is 0 Å². The van der Waals surface area contributed by atoms with Crippen LogP contribution in [-0.4, -0.2) is 5.54 Å². The molecule has 0 spiro atoms. The molecule has 2 N–H and O–H groups in total. The van der Waals surface area contributed by atoms with Crippen molar-refractivity contribution in [3.63, 3.8) is 0 Å². The lowest BCUT2D eigenvalue weighted by atomic mass is 9.83. The molecule has 2 fully saturated rings. The molecule has 0 aliphatic heterocycles. The highest BCUT2D eigenvalue weighted by molar-refractivity contribution is 5.87. The molecule has 2 aromatic rings. The number of fused-ring (bicyclic) bond motifs is 1. The van der Waals surface area contributed by atoms with E-state index in [4.69, 9.17) is 5.73 Å². The summed E-state index contributed by atoms with van der Waals surface area (Å²) >= 11 is 0. The van der Waals surface area contributed by atoms with E-state index >= 15 is 0 Å². The summed E-state index contributed by atoms with van der Waals surface area (Å²) in [5, 5.41) is 2.75. The summed E-state index contributed by atoms with van der Waals surface area (Å²) in [5.41, 5.74) is 8.41. The zero-order valence-electron chi connectivity index (χ0n) is 9.95. The van der Waals surface area contributed by atoms with Crippen molar-refractivity contribution in [1.82, 2.24) is 0 Å².